The molecule has 1 fully saturated rings. The Morgan fingerprint density at radius 3 is 2.59 bits per heavy atom. The lowest BCUT2D eigenvalue weighted by molar-refractivity contribution is -0.190. The average molecular weight is 515 g/mol. The molecule has 2 N–H and O–H groups in total. The van der Waals surface area contributed by atoms with E-state index in [-0.39, 0.29) is 11.7 Å². The van der Waals surface area contributed by atoms with Crippen LogP contribution in [0.15, 0.2) is 30.5 Å². The molecule has 0 bridgehead atoms. The van der Waals surface area contributed by atoms with Crippen LogP contribution in [0.1, 0.15) is 49.7 Å². The van der Waals surface area contributed by atoms with Gasteiger partial charge < -0.3 is 14.8 Å². The van der Waals surface area contributed by atoms with Crippen LogP contribution in [0.25, 0.3) is 5.57 Å². The number of aromatic nitrogens is 2. The zero-order valence-corrected chi connectivity index (χ0v) is 20.0. The molecule has 6 nitrogen and oxygen atoms in total. The van der Waals surface area contributed by atoms with Crippen molar-refractivity contribution in [1.82, 2.24) is 9.97 Å². The third-order valence-corrected chi connectivity index (χ3v) is 6.65. The number of benzene rings is 1. The zero-order valence-electron chi connectivity index (χ0n) is 18.5. The predicted octanol–water partition coefficient (Wildman–Crippen LogP) is 6.44. The lowest BCUT2D eigenvalue weighted by atomic mass is 9.83. The topological polar surface area (TPSA) is 80.1 Å². The lowest BCUT2D eigenvalue weighted by Crippen LogP contribution is -2.39. The van der Waals surface area contributed by atoms with E-state index < -0.39 is 29.4 Å². The number of anilines is 1. The summed E-state index contributed by atoms with van der Waals surface area (Å²) in [5.74, 6) is -0.801. The molecule has 0 amide bonds. The van der Waals surface area contributed by atoms with Crippen LogP contribution in [-0.2, 0) is 9.47 Å². The van der Waals surface area contributed by atoms with Gasteiger partial charge in [-0.3, -0.25) is 5.41 Å². The van der Waals surface area contributed by atoms with Crippen molar-refractivity contribution in [1.29, 1.82) is 5.41 Å². The molecule has 1 saturated heterocycles. The Kier molecular flexibility index (Phi) is 6.92. The predicted molar refractivity (Wildman–Crippen MR) is 124 cm³/mol. The van der Waals surface area contributed by atoms with Crippen molar-refractivity contribution in [3.63, 3.8) is 0 Å². The molecule has 1 aromatic heterocycles. The van der Waals surface area contributed by atoms with E-state index in [2.05, 4.69) is 15.3 Å². The van der Waals surface area contributed by atoms with Crippen LogP contribution >= 0.6 is 23.2 Å². The van der Waals surface area contributed by atoms with Crippen molar-refractivity contribution in [3.8, 4) is 0 Å². The first-order valence-corrected chi connectivity index (χ1v) is 11.5. The van der Waals surface area contributed by atoms with Crippen LogP contribution in [-0.4, -0.2) is 40.9 Å². The lowest BCUT2D eigenvalue weighted by Gasteiger charge is -2.36. The molecule has 2 aromatic rings. The van der Waals surface area contributed by atoms with Gasteiger partial charge in [-0.2, -0.15) is 13.2 Å². The van der Waals surface area contributed by atoms with E-state index >= 15 is 0 Å². The second kappa shape index (κ2) is 9.45. The summed E-state index contributed by atoms with van der Waals surface area (Å²) in [4.78, 5) is 8.45. The summed E-state index contributed by atoms with van der Waals surface area (Å²) in [7, 11) is 0. The molecule has 1 unspecified atom stereocenters. The Labute approximate surface area is 205 Å². The summed E-state index contributed by atoms with van der Waals surface area (Å²) < 4.78 is 51.7. The number of rotatable bonds is 5. The maximum absolute atomic E-state index is 13.4. The van der Waals surface area contributed by atoms with E-state index in [4.69, 9.17) is 38.1 Å². The van der Waals surface area contributed by atoms with Gasteiger partial charge in [0, 0.05) is 22.4 Å². The van der Waals surface area contributed by atoms with Crippen molar-refractivity contribution in [2.24, 2.45) is 5.92 Å². The molecule has 1 aliphatic heterocycles. The highest BCUT2D eigenvalue weighted by Crippen LogP contribution is 2.42. The molecule has 1 aliphatic carbocycles. The molecule has 11 heteroatoms. The minimum Gasteiger partial charge on any atom is -0.362 e. The number of hydrogen-bond acceptors (Lipinski definition) is 6. The molecule has 2 aliphatic rings. The fourth-order valence-corrected chi connectivity index (χ4v) is 4.79. The maximum atomic E-state index is 13.4. The molecule has 34 heavy (non-hydrogen) atoms. The zero-order chi connectivity index (χ0) is 24.7. The fourth-order valence-electron chi connectivity index (χ4n) is 4.21. The molecular weight excluding hydrogens is 492 g/mol. The van der Waals surface area contributed by atoms with Crippen LogP contribution in [0.2, 0.25) is 10.0 Å². The molecule has 2 heterocycles. The van der Waals surface area contributed by atoms with Gasteiger partial charge in [0.25, 0.3) is 0 Å². The SMILES string of the molecule is CC1CC(c2cnc(C(=N)C(F)(F)F)c(N[C@H](C)c3ccc(Cl)cc3Cl)n2)=CCC12OCCO2. The van der Waals surface area contributed by atoms with Crippen LogP contribution < -0.4 is 5.32 Å². The van der Waals surface area contributed by atoms with Gasteiger partial charge in [0.2, 0.25) is 0 Å². The first-order valence-electron chi connectivity index (χ1n) is 10.7. The number of nitrogens with zero attached hydrogens (tertiary/aromatic N) is 2. The van der Waals surface area contributed by atoms with Gasteiger partial charge in [0.1, 0.15) is 5.69 Å². The van der Waals surface area contributed by atoms with Crippen molar-refractivity contribution in [3.05, 3.63) is 57.5 Å². The fraction of sp³-hybridized carbons (Fsp3) is 0.435. The number of ether oxygens (including phenoxy) is 2. The van der Waals surface area contributed by atoms with Crippen LogP contribution in [0.3, 0.4) is 0 Å². The minimum absolute atomic E-state index is 0.0214. The molecular formula is C23H23Cl2F3N4O2. The number of hydrogen-bond donors (Lipinski definition) is 2. The first kappa shape index (κ1) is 24.9. The molecule has 4 rings (SSSR count). The van der Waals surface area contributed by atoms with E-state index in [1.165, 1.54) is 6.20 Å². The average Bonchev–Trinajstić information content (AvgIpc) is 3.24. The van der Waals surface area contributed by atoms with Gasteiger partial charge in [-0.25, -0.2) is 9.97 Å². The Bertz CT molecular complexity index is 1130. The summed E-state index contributed by atoms with van der Waals surface area (Å²) >= 11 is 12.2. The van der Waals surface area contributed by atoms with E-state index in [0.717, 1.165) is 5.57 Å². The highest BCUT2D eigenvalue weighted by atomic mass is 35.5. The second-order valence-corrected chi connectivity index (χ2v) is 9.25. The van der Waals surface area contributed by atoms with Crippen LogP contribution in [0.5, 0.6) is 0 Å². The van der Waals surface area contributed by atoms with E-state index in [0.29, 0.717) is 47.4 Å². The summed E-state index contributed by atoms with van der Waals surface area (Å²) in [5, 5.41) is 11.4. The Morgan fingerprint density at radius 2 is 1.97 bits per heavy atom. The number of halogens is 5. The monoisotopic (exact) mass is 514 g/mol. The largest absolute Gasteiger partial charge is 0.434 e. The molecule has 0 radical (unpaired) electrons. The summed E-state index contributed by atoms with van der Waals surface area (Å²) in [5.41, 5.74) is -0.297. The highest BCUT2D eigenvalue weighted by Gasteiger charge is 2.44. The van der Waals surface area contributed by atoms with Crippen molar-refractivity contribution in [2.45, 2.75) is 44.7 Å². The molecule has 2 atom stereocenters. The molecule has 0 saturated carbocycles. The highest BCUT2D eigenvalue weighted by molar-refractivity contribution is 6.35. The number of alkyl halides is 3. The second-order valence-electron chi connectivity index (χ2n) is 8.40. The molecule has 1 spiro atoms. The quantitative estimate of drug-likeness (QED) is 0.448. The number of nitrogens with one attached hydrogen (secondary N) is 2. The molecule has 1 aromatic carbocycles. The van der Waals surface area contributed by atoms with Gasteiger partial charge in [-0.1, -0.05) is 42.3 Å². The Morgan fingerprint density at radius 1 is 1.26 bits per heavy atom. The summed E-state index contributed by atoms with van der Waals surface area (Å²) in [6.45, 7) is 4.79. The van der Waals surface area contributed by atoms with Gasteiger partial charge in [0.15, 0.2) is 17.3 Å². The first-order chi connectivity index (χ1) is 16.0. The van der Waals surface area contributed by atoms with Crippen molar-refractivity contribution >= 4 is 40.3 Å². The summed E-state index contributed by atoms with van der Waals surface area (Å²) in [6.07, 6.45) is -0.621. The normalized spacial score (nSPS) is 20.8. The van der Waals surface area contributed by atoms with Gasteiger partial charge in [-0.15, -0.1) is 0 Å². The van der Waals surface area contributed by atoms with Crippen LogP contribution in [0.4, 0.5) is 19.0 Å². The van der Waals surface area contributed by atoms with Gasteiger partial charge >= 0.3 is 6.18 Å². The van der Waals surface area contributed by atoms with E-state index in [1.807, 2.05) is 13.0 Å². The maximum Gasteiger partial charge on any atom is 0.434 e. The number of allylic oxidation sites excluding steroid dienone is 1. The van der Waals surface area contributed by atoms with Gasteiger partial charge in [0.05, 0.1) is 31.1 Å². The van der Waals surface area contributed by atoms with E-state index in [1.54, 1.807) is 25.1 Å². The van der Waals surface area contributed by atoms with E-state index in [9.17, 15) is 13.2 Å². The minimum atomic E-state index is -4.88. The Hall–Kier alpha value is -2.20. The Balaban J connectivity index is 1.69. The standard InChI is InChI=1S/C23H23Cl2F3N4O2/c1-12-9-14(5-6-22(12)33-7-8-34-22)18-11-30-19(20(29)23(26,27)28)21(32-18)31-13(2)16-4-3-15(24)10-17(16)25/h3-5,10-13,29H,6-9H2,1-2H3,(H,31,32)/t12?,13-/m1/s1. The summed E-state index contributed by atoms with van der Waals surface area (Å²) in [6, 6.07) is 4.34. The third-order valence-electron chi connectivity index (χ3n) is 6.09. The van der Waals surface area contributed by atoms with Gasteiger partial charge in [-0.05, 0) is 36.6 Å². The third kappa shape index (κ3) is 4.93. The van der Waals surface area contributed by atoms with Crippen molar-refractivity contribution in [2.75, 3.05) is 18.5 Å². The van der Waals surface area contributed by atoms with Crippen LogP contribution in [0, 0.1) is 11.3 Å². The van der Waals surface area contributed by atoms with Crippen molar-refractivity contribution < 1.29 is 22.6 Å². The smallest absolute Gasteiger partial charge is 0.362 e. The molecule has 182 valence electrons.